The van der Waals surface area contributed by atoms with Gasteiger partial charge in [0, 0.05) is 6.92 Å². The number of carbonyl (C=O) groups is 3. The summed E-state index contributed by atoms with van der Waals surface area (Å²) >= 11 is 0. The van der Waals surface area contributed by atoms with Crippen LogP contribution in [0.25, 0.3) is 0 Å². The molecule has 11 nitrogen and oxygen atoms in total. The Bertz CT molecular complexity index is 1310. The molecule has 17 heteroatoms. The SMILES string of the molecule is COc1ccc(NS(=O)(=O)c2c(F)c(F)c(F)c(F)c2F)cc1NC(=O)[C@H](CO)NC(=O)CNC(C)=O. The maximum absolute atomic E-state index is 14.0. The maximum Gasteiger partial charge on any atom is 0.267 e. The average Bonchev–Trinajstić information content (AvgIpc) is 2.83. The van der Waals surface area contributed by atoms with E-state index >= 15 is 0 Å². The number of methoxy groups -OCH3 is 1. The molecule has 2 aromatic rings. The monoisotopic (exact) mass is 554 g/mol. The van der Waals surface area contributed by atoms with Gasteiger partial charge in [-0.15, -0.1) is 0 Å². The van der Waals surface area contributed by atoms with Gasteiger partial charge in [-0.1, -0.05) is 0 Å². The number of rotatable bonds is 10. The highest BCUT2D eigenvalue weighted by Crippen LogP contribution is 2.31. The van der Waals surface area contributed by atoms with Crippen molar-refractivity contribution in [2.75, 3.05) is 30.3 Å². The maximum atomic E-state index is 14.0. The summed E-state index contributed by atoms with van der Waals surface area (Å²) in [7, 11) is -4.23. The largest absolute Gasteiger partial charge is 0.495 e. The van der Waals surface area contributed by atoms with Crippen molar-refractivity contribution in [2.24, 2.45) is 0 Å². The summed E-state index contributed by atoms with van der Waals surface area (Å²) in [5.41, 5.74) is -0.782. The van der Waals surface area contributed by atoms with Crippen molar-refractivity contribution in [3.05, 3.63) is 47.3 Å². The van der Waals surface area contributed by atoms with Gasteiger partial charge in [-0.05, 0) is 18.2 Å². The van der Waals surface area contributed by atoms with Crippen LogP contribution < -0.4 is 25.4 Å². The highest BCUT2D eigenvalue weighted by molar-refractivity contribution is 7.92. The van der Waals surface area contributed by atoms with Crippen molar-refractivity contribution in [2.45, 2.75) is 17.9 Å². The van der Waals surface area contributed by atoms with E-state index in [1.54, 1.807) is 4.72 Å². The Balaban J connectivity index is 2.33. The number of amides is 3. The van der Waals surface area contributed by atoms with Crippen molar-refractivity contribution in [1.29, 1.82) is 0 Å². The number of nitrogens with one attached hydrogen (secondary N) is 4. The third-order valence-corrected chi connectivity index (χ3v) is 5.88. The Labute approximate surface area is 206 Å². The molecule has 0 spiro atoms. The first-order chi connectivity index (χ1) is 17.2. The van der Waals surface area contributed by atoms with Gasteiger partial charge in [0.2, 0.25) is 23.5 Å². The van der Waals surface area contributed by atoms with Crippen LogP contribution in [-0.4, -0.2) is 57.5 Å². The summed E-state index contributed by atoms with van der Waals surface area (Å²) in [4.78, 5) is 33.1. The van der Waals surface area contributed by atoms with E-state index in [0.717, 1.165) is 32.2 Å². The molecule has 0 saturated heterocycles. The standard InChI is InChI=1S/C20H19F5N4O7S/c1-8(31)26-6-13(32)27-11(7-30)20(33)28-10-5-9(3-4-12(10)36-2)29-37(34,35)19-17(24)15(22)14(21)16(23)18(19)25/h3-5,11,29-30H,6-7H2,1-2H3,(H,26,31)(H,27,32)(H,28,33)/t11-/m0/s1. The molecule has 5 N–H and O–H groups in total. The molecule has 202 valence electrons. The first-order valence-corrected chi connectivity index (χ1v) is 11.4. The first kappa shape index (κ1) is 29.2. The zero-order valence-electron chi connectivity index (χ0n) is 18.9. The molecular formula is C20H19F5N4O7S. The van der Waals surface area contributed by atoms with Crippen LogP contribution in [0.4, 0.5) is 33.3 Å². The van der Waals surface area contributed by atoms with E-state index in [0.29, 0.717) is 0 Å². The first-order valence-electron chi connectivity index (χ1n) is 9.91. The van der Waals surface area contributed by atoms with Gasteiger partial charge in [-0.2, -0.15) is 0 Å². The average molecular weight is 554 g/mol. The number of halogens is 5. The van der Waals surface area contributed by atoms with Gasteiger partial charge in [0.15, 0.2) is 28.2 Å². The Hall–Kier alpha value is -3.99. The van der Waals surface area contributed by atoms with Crippen molar-refractivity contribution >= 4 is 39.1 Å². The number of benzene rings is 2. The molecule has 0 saturated carbocycles. The second-order valence-electron chi connectivity index (χ2n) is 7.12. The Morgan fingerprint density at radius 3 is 2.08 bits per heavy atom. The predicted octanol–water partition coefficient (Wildman–Crippen LogP) is 0.743. The summed E-state index contributed by atoms with van der Waals surface area (Å²) in [6, 6.07) is 1.39. The quantitative estimate of drug-likeness (QED) is 0.164. The van der Waals surface area contributed by atoms with E-state index in [-0.39, 0.29) is 11.4 Å². The number of carbonyl (C=O) groups excluding carboxylic acids is 3. The minimum absolute atomic E-state index is 0.0891. The molecule has 0 radical (unpaired) electrons. The van der Waals surface area contributed by atoms with Gasteiger partial charge in [-0.25, -0.2) is 30.4 Å². The molecule has 0 aromatic heterocycles. The van der Waals surface area contributed by atoms with Crippen LogP contribution in [0.5, 0.6) is 5.75 Å². The van der Waals surface area contributed by atoms with Crippen LogP contribution in [0.2, 0.25) is 0 Å². The summed E-state index contributed by atoms with van der Waals surface area (Å²) < 4.78 is 99.8. The Morgan fingerprint density at radius 1 is 1.00 bits per heavy atom. The number of aliphatic hydroxyl groups excluding tert-OH is 1. The summed E-state index contributed by atoms with van der Waals surface area (Å²) in [5, 5.41) is 16.0. The third-order valence-electron chi connectivity index (χ3n) is 4.48. The molecule has 3 amide bonds. The molecule has 0 aliphatic carbocycles. The minimum Gasteiger partial charge on any atom is -0.495 e. The number of hydrogen-bond donors (Lipinski definition) is 5. The van der Waals surface area contributed by atoms with Crippen molar-refractivity contribution in [1.82, 2.24) is 10.6 Å². The van der Waals surface area contributed by atoms with Gasteiger partial charge >= 0.3 is 0 Å². The molecule has 0 unspecified atom stereocenters. The third kappa shape index (κ3) is 6.82. The second kappa shape index (κ2) is 11.8. The summed E-state index contributed by atoms with van der Waals surface area (Å²) in [5.74, 6) is -15.2. The smallest absolute Gasteiger partial charge is 0.267 e. The van der Waals surface area contributed by atoms with E-state index in [1.165, 1.54) is 0 Å². The molecule has 37 heavy (non-hydrogen) atoms. The molecule has 2 aromatic carbocycles. The lowest BCUT2D eigenvalue weighted by Crippen LogP contribution is -2.49. The Morgan fingerprint density at radius 2 is 1.57 bits per heavy atom. The fourth-order valence-corrected chi connectivity index (χ4v) is 3.95. The highest BCUT2D eigenvalue weighted by Gasteiger charge is 2.34. The fourth-order valence-electron chi connectivity index (χ4n) is 2.76. The van der Waals surface area contributed by atoms with Crippen LogP contribution in [0.1, 0.15) is 6.92 Å². The number of anilines is 2. The van der Waals surface area contributed by atoms with Crippen molar-refractivity contribution in [3.63, 3.8) is 0 Å². The topological polar surface area (TPSA) is 163 Å². The lowest BCUT2D eigenvalue weighted by atomic mass is 10.2. The lowest BCUT2D eigenvalue weighted by molar-refractivity contribution is -0.128. The summed E-state index contributed by atoms with van der Waals surface area (Å²) in [6.07, 6.45) is 0. The van der Waals surface area contributed by atoms with Crippen molar-refractivity contribution < 1.29 is 54.6 Å². The number of sulfonamides is 1. The van der Waals surface area contributed by atoms with E-state index in [4.69, 9.17) is 4.74 Å². The number of ether oxygens (including phenoxy) is 1. The molecular weight excluding hydrogens is 535 g/mol. The van der Waals surface area contributed by atoms with Crippen LogP contribution in [0.15, 0.2) is 23.1 Å². The highest BCUT2D eigenvalue weighted by atomic mass is 32.2. The normalized spacial score (nSPS) is 11.9. The number of aliphatic hydroxyl groups is 1. The van der Waals surface area contributed by atoms with Gasteiger partial charge in [0.05, 0.1) is 31.6 Å². The van der Waals surface area contributed by atoms with Gasteiger partial charge in [0.1, 0.15) is 11.8 Å². The van der Waals surface area contributed by atoms with Gasteiger partial charge in [-0.3, -0.25) is 19.1 Å². The molecule has 0 fully saturated rings. The number of hydrogen-bond acceptors (Lipinski definition) is 7. The summed E-state index contributed by atoms with van der Waals surface area (Å²) in [6.45, 7) is -0.257. The zero-order chi connectivity index (χ0) is 28.1. The molecule has 0 bridgehead atoms. The van der Waals surface area contributed by atoms with Crippen LogP contribution in [0, 0.1) is 29.1 Å². The predicted molar refractivity (Wildman–Crippen MR) is 116 cm³/mol. The zero-order valence-corrected chi connectivity index (χ0v) is 19.7. The van der Waals surface area contributed by atoms with Crippen LogP contribution >= 0.6 is 0 Å². The van der Waals surface area contributed by atoms with E-state index in [1.807, 2.05) is 0 Å². The lowest BCUT2D eigenvalue weighted by Gasteiger charge is -2.18. The minimum atomic E-state index is -5.38. The van der Waals surface area contributed by atoms with Crippen molar-refractivity contribution in [3.8, 4) is 5.75 Å². The second-order valence-corrected chi connectivity index (χ2v) is 8.74. The fraction of sp³-hybridized carbons (Fsp3) is 0.250. The molecule has 0 heterocycles. The van der Waals surface area contributed by atoms with E-state index in [2.05, 4.69) is 16.0 Å². The molecule has 1 atom stereocenters. The molecule has 0 aliphatic rings. The Kier molecular flexibility index (Phi) is 9.35. The molecule has 0 aliphatic heterocycles. The van der Waals surface area contributed by atoms with E-state index < -0.39 is 86.6 Å². The van der Waals surface area contributed by atoms with Gasteiger partial charge < -0.3 is 25.8 Å². The molecule has 2 rings (SSSR count). The van der Waals surface area contributed by atoms with Crippen LogP contribution in [0.3, 0.4) is 0 Å². The van der Waals surface area contributed by atoms with Gasteiger partial charge in [0.25, 0.3) is 10.0 Å². The van der Waals surface area contributed by atoms with Crippen LogP contribution in [-0.2, 0) is 24.4 Å². The van der Waals surface area contributed by atoms with E-state index in [9.17, 15) is 49.9 Å².